The van der Waals surface area contributed by atoms with Crippen LogP contribution in [0, 0.1) is 12.3 Å². The van der Waals surface area contributed by atoms with E-state index in [-0.39, 0.29) is 11.3 Å². The molecule has 19 heavy (non-hydrogen) atoms. The first-order valence-electron chi connectivity index (χ1n) is 7.09. The number of amides is 1. The van der Waals surface area contributed by atoms with Gasteiger partial charge in [-0.2, -0.15) is 0 Å². The normalized spacial score (nSPS) is 22.5. The molecule has 0 aromatic heterocycles. The molecule has 1 amide bonds. The van der Waals surface area contributed by atoms with Crippen molar-refractivity contribution in [3.05, 3.63) is 35.4 Å². The second-order valence-electron chi connectivity index (χ2n) is 5.71. The first kappa shape index (κ1) is 14.1. The maximum atomic E-state index is 12.7. The number of aryl methyl sites for hydroxylation is 1. The quantitative estimate of drug-likeness (QED) is 0.901. The molecule has 1 aromatic rings. The van der Waals surface area contributed by atoms with Crippen molar-refractivity contribution in [2.75, 3.05) is 20.1 Å². The zero-order chi connectivity index (χ0) is 13.9. The third-order valence-electron chi connectivity index (χ3n) is 4.22. The molecule has 1 aliphatic rings. The lowest BCUT2D eigenvalue weighted by atomic mass is 9.83. The average molecular weight is 260 g/mol. The molecule has 1 fully saturated rings. The van der Waals surface area contributed by atoms with Gasteiger partial charge in [-0.25, -0.2) is 0 Å². The van der Waals surface area contributed by atoms with Gasteiger partial charge in [0.15, 0.2) is 0 Å². The summed E-state index contributed by atoms with van der Waals surface area (Å²) in [6.45, 7) is 6.67. The lowest BCUT2D eigenvalue weighted by Crippen LogP contribution is -2.42. The summed E-state index contributed by atoms with van der Waals surface area (Å²) in [7, 11) is 1.92. The van der Waals surface area contributed by atoms with E-state index in [0.29, 0.717) is 6.54 Å². The van der Waals surface area contributed by atoms with E-state index in [0.717, 1.165) is 25.9 Å². The zero-order valence-corrected chi connectivity index (χ0v) is 12.2. The first-order valence-corrected chi connectivity index (χ1v) is 7.09. The molecule has 0 aliphatic carbocycles. The molecule has 1 saturated heterocycles. The summed E-state index contributed by atoms with van der Waals surface area (Å²) in [6, 6.07) is 8.37. The third-order valence-corrected chi connectivity index (χ3v) is 4.22. The van der Waals surface area contributed by atoms with Crippen molar-refractivity contribution in [1.82, 2.24) is 10.2 Å². The van der Waals surface area contributed by atoms with Crippen LogP contribution in [-0.4, -0.2) is 30.9 Å². The van der Waals surface area contributed by atoms with Crippen LogP contribution in [-0.2, 0) is 11.3 Å². The Hall–Kier alpha value is -1.35. The Balaban J connectivity index is 2.07. The van der Waals surface area contributed by atoms with E-state index in [4.69, 9.17) is 0 Å². The van der Waals surface area contributed by atoms with Crippen LogP contribution in [0.3, 0.4) is 0 Å². The van der Waals surface area contributed by atoms with E-state index in [2.05, 4.69) is 43.4 Å². The fraction of sp³-hybridized carbons (Fsp3) is 0.562. The van der Waals surface area contributed by atoms with Crippen molar-refractivity contribution in [3.8, 4) is 0 Å². The zero-order valence-electron chi connectivity index (χ0n) is 12.2. The Morgan fingerprint density at radius 2 is 2.26 bits per heavy atom. The average Bonchev–Trinajstić information content (AvgIpc) is 2.87. The van der Waals surface area contributed by atoms with E-state index in [1.165, 1.54) is 11.1 Å². The maximum Gasteiger partial charge on any atom is 0.230 e. The summed E-state index contributed by atoms with van der Waals surface area (Å²) in [5.74, 6) is 0.279. The monoisotopic (exact) mass is 260 g/mol. The van der Waals surface area contributed by atoms with Crippen molar-refractivity contribution in [2.24, 2.45) is 5.41 Å². The van der Waals surface area contributed by atoms with Gasteiger partial charge in [-0.15, -0.1) is 0 Å². The summed E-state index contributed by atoms with van der Waals surface area (Å²) in [6.07, 6.45) is 1.87. The molecule has 0 spiro atoms. The number of hydrogen-bond donors (Lipinski definition) is 1. The molecule has 1 unspecified atom stereocenters. The SMILES string of the molecule is CCC1(C(=O)N(C)Cc2cccc(C)c2)CCNC1. The van der Waals surface area contributed by atoms with Crippen LogP contribution >= 0.6 is 0 Å². The number of nitrogens with zero attached hydrogens (tertiary/aromatic N) is 1. The highest BCUT2D eigenvalue weighted by molar-refractivity contribution is 5.83. The Kier molecular flexibility index (Phi) is 4.25. The minimum absolute atomic E-state index is 0.182. The highest BCUT2D eigenvalue weighted by atomic mass is 16.2. The van der Waals surface area contributed by atoms with Gasteiger partial charge in [0.25, 0.3) is 0 Å². The van der Waals surface area contributed by atoms with Crippen LogP contribution < -0.4 is 5.32 Å². The minimum Gasteiger partial charge on any atom is -0.341 e. The van der Waals surface area contributed by atoms with E-state index < -0.39 is 0 Å². The number of carbonyl (C=O) groups is 1. The number of nitrogens with one attached hydrogen (secondary N) is 1. The van der Waals surface area contributed by atoms with Gasteiger partial charge in [-0.1, -0.05) is 36.8 Å². The highest BCUT2D eigenvalue weighted by Crippen LogP contribution is 2.31. The van der Waals surface area contributed by atoms with E-state index in [1.807, 2.05) is 11.9 Å². The molecule has 1 aromatic carbocycles. The predicted octanol–water partition coefficient (Wildman–Crippen LogP) is 2.34. The Morgan fingerprint density at radius 3 is 2.84 bits per heavy atom. The summed E-state index contributed by atoms with van der Waals surface area (Å²) in [5, 5.41) is 3.33. The number of benzene rings is 1. The molecule has 2 rings (SSSR count). The van der Waals surface area contributed by atoms with Gasteiger partial charge < -0.3 is 10.2 Å². The van der Waals surface area contributed by atoms with E-state index in [9.17, 15) is 4.79 Å². The first-order chi connectivity index (χ1) is 9.07. The molecule has 1 N–H and O–H groups in total. The van der Waals surface area contributed by atoms with Crippen LogP contribution in [0.5, 0.6) is 0 Å². The molecule has 104 valence electrons. The van der Waals surface area contributed by atoms with Gasteiger partial charge in [0, 0.05) is 20.1 Å². The molecule has 1 heterocycles. The smallest absolute Gasteiger partial charge is 0.230 e. The summed E-state index contributed by atoms with van der Waals surface area (Å²) in [4.78, 5) is 14.6. The van der Waals surface area contributed by atoms with Crippen LogP contribution in [0.2, 0.25) is 0 Å². The van der Waals surface area contributed by atoms with Crippen molar-refractivity contribution >= 4 is 5.91 Å². The van der Waals surface area contributed by atoms with Gasteiger partial charge in [-0.05, 0) is 31.9 Å². The van der Waals surface area contributed by atoms with Crippen LogP contribution in [0.15, 0.2) is 24.3 Å². The van der Waals surface area contributed by atoms with Gasteiger partial charge in [0.2, 0.25) is 5.91 Å². The molecule has 3 heteroatoms. The van der Waals surface area contributed by atoms with Gasteiger partial charge in [-0.3, -0.25) is 4.79 Å². The molecule has 0 saturated carbocycles. The Bertz CT molecular complexity index is 450. The van der Waals surface area contributed by atoms with Crippen molar-refractivity contribution < 1.29 is 4.79 Å². The lowest BCUT2D eigenvalue weighted by Gasteiger charge is -2.31. The summed E-state index contributed by atoms with van der Waals surface area (Å²) >= 11 is 0. The summed E-state index contributed by atoms with van der Waals surface area (Å²) in [5.41, 5.74) is 2.26. The largest absolute Gasteiger partial charge is 0.341 e. The molecule has 3 nitrogen and oxygen atoms in total. The fourth-order valence-corrected chi connectivity index (χ4v) is 2.94. The summed E-state index contributed by atoms with van der Waals surface area (Å²) < 4.78 is 0. The molecule has 1 atom stereocenters. The molecule has 0 bridgehead atoms. The van der Waals surface area contributed by atoms with Crippen LogP contribution in [0.1, 0.15) is 30.9 Å². The second kappa shape index (κ2) is 5.74. The van der Waals surface area contributed by atoms with E-state index >= 15 is 0 Å². The van der Waals surface area contributed by atoms with Crippen molar-refractivity contribution in [1.29, 1.82) is 0 Å². The van der Waals surface area contributed by atoms with E-state index in [1.54, 1.807) is 0 Å². The van der Waals surface area contributed by atoms with Crippen LogP contribution in [0.25, 0.3) is 0 Å². The second-order valence-corrected chi connectivity index (χ2v) is 5.71. The molecule has 0 radical (unpaired) electrons. The number of hydrogen-bond acceptors (Lipinski definition) is 2. The Morgan fingerprint density at radius 1 is 1.47 bits per heavy atom. The highest BCUT2D eigenvalue weighted by Gasteiger charge is 2.41. The predicted molar refractivity (Wildman–Crippen MR) is 77.9 cm³/mol. The molecule has 1 aliphatic heterocycles. The maximum absolute atomic E-state index is 12.7. The van der Waals surface area contributed by atoms with Gasteiger partial charge in [0.1, 0.15) is 0 Å². The number of carbonyl (C=O) groups excluding carboxylic acids is 1. The van der Waals surface area contributed by atoms with Gasteiger partial charge in [0.05, 0.1) is 5.41 Å². The third kappa shape index (κ3) is 2.98. The fourth-order valence-electron chi connectivity index (χ4n) is 2.94. The molecular weight excluding hydrogens is 236 g/mol. The number of rotatable bonds is 4. The van der Waals surface area contributed by atoms with Gasteiger partial charge >= 0.3 is 0 Å². The Labute approximate surface area is 116 Å². The lowest BCUT2D eigenvalue weighted by molar-refractivity contribution is -0.140. The van der Waals surface area contributed by atoms with Crippen LogP contribution in [0.4, 0.5) is 0 Å². The molecular formula is C16H24N2O. The minimum atomic E-state index is -0.182. The standard InChI is InChI=1S/C16H24N2O/c1-4-16(8-9-17-12-16)15(19)18(3)11-14-7-5-6-13(2)10-14/h5-7,10,17H,4,8-9,11-12H2,1-3H3. The van der Waals surface area contributed by atoms with Crippen molar-refractivity contribution in [3.63, 3.8) is 0 Å². The topological polar surface area (TPSA) is 32.3 Å². The van der Waals surface area contributed by atoms with Crippen molar-refractivity contribution in [2.45, 2.75) is 33.2 Å².